The Kier molecular flexibility index (Phi) is 9.66. The summed E-state index contributed by atoms with van der Waals surface area (Å²) in [5, 5.41) is 18.6. The number of ether oxygens (including phenoxy) is 3. The normalized spacial score (nSPS) is 22.6. The highest BCUT2D eigenvalue weighted by atomic mass is 32.1. The first-order chi connectivity index (χ1) is 23.0. The number of hydrogen-bond donors (Lipinski definition) is 3. The molecule has 0 bridgehead atoms. The summed E-state index contributed by atoms with van der Waals surface area (Å²) < 4.78 is 17.5. The molecule has 2 aromatic heterocycles. The van der Waals surface area contributed by atoms with Crippen molar-refractivity contribution in [1.29, 1.82) is 0 Å². The fourth-order valence-electron chi connectivity index (χ4n) is 5.97. The topological polar surface area (TPSA) is 169 Å². The standard InChI is InChI=1S/C35H43N5O8S/c1-9-19-17-35(19,31(43)44)39-28(41)25-15-21(18-40(25)30(42)27(33(2,3)4)38-32(45)48-34(5,6)7)47-26-16-24(29-36-12-13-49-29)37-23-14-20(46-8)10-11-22(23)26/h9-14,16,19,21,25,27H,1,15,17-18H2,2-8H3,(H,38,45)(H,39,41)(H,43,44)/t19-,21+,25-,27+,35?/m0/s1. The zero-order valence-corrected chi connectivity index (χ0v) is 29.6. The number of carboxylic acid groups (broad SMARTS) is 1. The van der Waals surface area contributed by atoms with Crippen molar-refractivity contribution >= 4 is 46.1 Å². The van der Waals surface area contributed by atoms with Gasteiger partial charge in [0.1, 0.15) is 51.5 Å². The molecular formula is C35H43N5O8S. The highest BCUT2D eigenvalue weighted by Crippen LogP contribution is 2.45. The smallest absolute Gasteiger partial charge is 0.408 e. The van der Waals surface area contributed by atoms with E-state index in [1.54, 1.807) is 73.0 Å². The first-order valence-corrected chi connectivity index (χ1v) is 16.9. The fraction of sp³-hybridized carbons (Fsp3) is 0.486. The number of benzene rings is 1. The molecule has 3 heterocycles. The molecule has 262 valence electrons. The molecule has 1 saturated heterocycles. The van der Waals surface area contributed by atoms with Gasteiger partial charge in [-0.05, 0) is 44.7 Å². The SMILES string of the molecule is C=C[C@H]1CC1(NC(=O)[C@@H]1C[C@@H](Oc2cc(-c3nccs3)nc3cc(OC)ccc23)CN1C(=O)[C@@H](NC(=O)OC(C)(C)C)C(C)(C)C)C(=O)O. The molecule has 3 N–H and O–H groups in total. The van der Waals surface area contributed by atoms with Crippen LogP contribution in [0.3, 0.4) is 0 Å². The van der Waals surface area contributed by atoms with Crippen LogP contribution in [0.25, 0.3) is 21.6 Å². The maximum atomic E-state index is 14.4. The van der Waals surface area contributed by atoms with Gasteiger partial charge in [-0.25, -0.2) is 19.6 Å². The van der Waals surface area contributed by atoms with Crippen molar-refractivity contribution in [3.05, 3.63) is 48.5 Å². The number of thiazole rings is 1. The maximum Gasteiger partial charge on any atom is 0.408 e. The Labute approximate surface area is 289 Å². The van der Waals surface area contributed by atoms with E-state index in [0.29, 0.717) is 33.1 Å². The number of fused-ring (bicyclic) bond motifs is 1. The molecule has 13 nitrogen and oxygen atoms in total. The largest absolute Gasteiger partial charge is 0.497 e. The molecule has 5 rings (SSSR count). The summed E-state index contributed by atoms with van der Waals surface area (Å²) in [7, 11) is 1.56. The van der Waals surface area contributed by atoms with Gasteiger partial charge >= 0.3 is 12.1 Å². The predicted octanol–water partition coefficient (Wildman–Crippen LogP) is 4.80. The number of likely N-dealkylation sites (tertiary alicyclic amines) is 1. The summed E-state index contributed by atoms with van der Waals surface area (Å²) >= 11 is 1.42. The van der Waals surface area contributed by atoms with Crippen LogP contribution >= 0.6 is 11.3 Å². The molecule has 5 atom stereocenters. The van der Waals surface area contributed by atoms with Crippen LogP contribution in [-0.4, -0.2) is 86.8 Å². The minimum absolute atomic E-state index is 0.0169. The highest BCUT2D eigenvalue weighted by Gasteiger charge is 2.61. The van der Waals surface area contributed by atoms with Crippen LogP contribution in [0.1, 0.15) is 54.4 Å². The molecule has 14 heteroatoms. The lowest BCUT2D eigenvalue weighted by molar-refractivity contribution is -0.146. The number of nitrogens with zero attached hydrogens (tertiary/aromatic N) is 3. The Bertz CT molecular complexity index is 1770. The van der Waals surface area contributed by atoms with E-state index in [1.165, 1.54) is 22.3 Å². The third kappa shape index (κ3) is 7.64. The molecule has 49 heavy (non-hydrogen) atoms. The third-order valence-corrected chi connectivity index (χ3v) is 9.37. The molecule has 0 spiro atoms. The average Bonchev–Trinajstić information content (AvgIpc) is 3.32. The number of aromatic nitrogens is 2. The van der Waals surface area contributed by atoms with E-state index in [0.717, 1.165) is 0 Å². The number of amides is 3. The van der Waals surface area contributed by atoms with E-state index in [2.05, 4.69) is 22.2 Å². The van der Waals surface area contributed by atoms with Gasteiger partial charge in [-0.3, -0.25) is 9.59 Å². The minimum Gasteiger partial charge on any atom is -0.497 e. The van der Waals surface area contributed by atoms with Gasteiger partial charge in [0, 0.05) is 41.4 Å². The molecule has 0 radical (unpaired) electrons. The molecule has 1 aliphatic carbocycles. The van der Waals surface area contributed by atoms with E-state index in [-0.39, 0.29) is 19.4 Å². The molecule has 1 unspecified atom stereocenters. The highest BCUT2D eigenvalue weighted by molar-refractivity contribution is 7.13. The minimum atomic E-state index is -1.51. The lowest BCUT2D eigenvalue weighted by atomic mass is 9.85. The molecule has 1 saturated carbocycles. The lowest BCUT2D eigenvalue weighted by Gasteiger charge is -2.35. The van der Waals surface area contributed by atoms with E-state index >= 15 is 0 Å². The van der Waals surface area contributed by atoms with Crippen molar-refractivity contribution in [1.82, 2.24) is 25.5 Å². The van der Waals surface area contributed by atoms with Gasteiger partial charge in [0.2, 0.25) is 11.8 Å². The number of hydrogen-bond acceptors (Lipinski definition) is 10. The monoisotopic (exact) mass is 693 g/mol. The summed E-state index contributed by atoms with van der Waals surface area (Å²) in [6.07, 6.45) is 1.96. The summed E-state index contributed by atoms with van der Waals surface area (Å²) in [4.78, 5) is 64.0. The quantitative estimate of drug-likeness (QED) is 0.251. The lowest BCUT2D eigenvalue weighted by Crippen LogP contribution is -2.59. The third-order valence-electron chi connectivity index (χ3n) is 8.57. The number of carbonyl (C=O) groups is 4. The van der Waals surface area contributed by atoms with Crippen LogP contribution in [0, 0.1) is 11.3 Å². The maximum absolute atomic E-state index is 14.4. The fourth-order valence-corrected chi connectivity index (χ4v) is 6.57. The summed E-state index contributed by atoms with van der Waals surface area (Å²) in [5.41, 5.74) is -1.93. The Balaban J connectivity index is 1.50. The van der Waals surface area contributed by atoms with Crippen LogP contribution in [-0.2, 0) is 19.1 Å². The Morgan fingerprint density at radius 3 is 2.47 bits per heavy atom. The zero-order chi connectivity index (χ0) is 35.9. The van der Waals surface area contributed by atoms with Crippen LogP contribution in [0.2, 0.25) is 0 Å². The number of rotatable bonds is 10. The van der Waals surface area contributed by atoms with Crippen molar-refractivity contribution in [3.8, 4) is 22.2 Å². The van der Waals surface area contributed by atoms with Crippen molar-refractivity contribution < 1.29 is 38.5 Å². The first kappa shape index (κ1) is 35.6. The molecular weight excluding hydrogens is 650 g/mol. The number of nitrogens with one attached hydrogen (secondary N) is 2. The van der Waals surface area contributed by atoms with Gasteiger partial charge in [0.15, 0.2) is 0 Å². The molecule has 2 fully saturated rings. The Hall–Kier alpha value is -4.72. The van der Waals surface area contributed by atoms with E-state index in [1.807, 2.05) is 11.4 Å². The summed E-state index contributed by atoms with van der Waals surface area (Å²) in [6, 6.07) is 4.98. The first-order valence-electron chi connectivity index (χ1n) is 16.0. The number of pyridine rings is 1. The van der Waals surface area contributed by atoms with Crippen LogP contribution in [0.15, 0.2) is 48.5 Å². The van der Waals surface area contributed by atoms with E-state index in [9.17, 15) is 24.3 Å². The second kappa shape index (κ2) is 13.3. The molecule has 2 aliphatic rings. The van der Waals surface area contributed by atoms with E-state index < -0.39 is 64.5 Å². The van der Waals surface area contributed by atoms with Gasteiger partial charge in [0.25, 0.3) is 0 Å². The molecule has 1 aromatic carbocycles. The van der Waals surface area contributed by atoms with Crippen molar-refractivity contribution in [2.45, 2.75) is 83.7 Å². The van der Waals surface area contributed by atoms with E-state index in [4.69, 9.17) is 19.2 Å². The number of carboxylic acids is 1. The summed E-state index contributed by atoms with van der Waals surface area (Å²) in [5.74, 6) is -1.73. The van der Waals surface area contributed by atoms with Gasteiger partial charge in [-0.1, -0.05) is 26.8 Å². The molecule has 1 aliphatic heterocycles. The van der Waals surface area contributed by atoms with Crippen LogP contribution in [0.5, 0.6) is 11.5 Å². The van der Waals surface area contributed by atoms with Crippen LogP contribution in [0.4, 0.5) is 4.79 Å². The second-order valence-corrected chi connectivity index (χ2v) is 15.4. The number of carbonyl (C=O) groups excluding carboxylic acids is 3. The average molecular weight is 694 g/mol. The van der Waals surface area contributed by atoms with Crippen molar-refractivity contribution in [2.75, 3.05) is 13.7 Å². The second-order valence-electron chi connectivity index (χ2n) is 14.5. The van der Waals surface area contributed by atoms with Crippen molar-refractivity contribution in [2.24, 2.45) is 11.3 Å². The van der Waals surface area contributed by atoms with Gasteiger partial charge in [-0.15, -0.1) is 17.9 Å². The number of alkyl carbamates (subject to hydrolysis) is 1. The van der Waals surface area contributed by atoms with Gasteiger partial charge in [-0.2, -0.15) is 0 Å². The number of methoxy groups -OCH3 is 1. The van der Waals surface area contributed by atoms with Crippen molar-refractivity contribution in [3.63, 3.8) is 0 Å². The molecule has 3 amide bonds. The molecule has 3 aromatic rings. The van der Waals surface area contributed by atoms with Gasteiger partial charge in [0.05, 0.1) is 19.2 Å². The van der Waals surface area contributed by atoms with Gasteiger partial charge < -0.3 is 34.9 Å². The van der Waals surface area contributed by atoms with Crippen LogP contribution < -0.4 is 20.1 Å². The summed E-state index contributed by atoms with van der Waals surface area (Å²) in [6.45, 7) is 14.2. The number of aliphatic carboxylic acids is 1. The predicted molar refractivity (Wildman–Crippen MR) is 183 cm³/mol. The Morgan fingerprint density at radius 1 is 1.16 bits per heavy atom. The zero-order valence-electron chi connectivity index (χ0n) is 28.7. The Morgan fingerprint density at radius 2 is 1.90 bits per heavy atom.